The number of rotatable bonds is 1. The summed E-state index contributed by atoms with van der Waals surface area (Å²) in [6.07, 6.45) is 2.44. The minimum absolute atomic E-state index is 0.272. The lowest BCUT2D eigenvalue weighted by Crippen LogP contribution is -2.47. The van der Waals surface area contributed by atoms with Crippen molar-refractivity contribution < 1.29 is 5.11 Å². The quantitative estimate of drug-likeness (QED) is 0.646. The third-order valence-corrected chi connectivity index (χ3v) is 2.73. The Morgan fingerprint density at radius 1 is 1.42 bits per heavy atom. The first-order valence-electron chi connectivity index (χ1n) is 4.90. The van der Waals surface area contributed by atoms with Crippen LogP contribution >= 0.6 is 0 Å². The summed E-state index contributed by atoms with van der Waals surface area (Å²) >= 11 is 0. The van der Waals surface area contributed by atoms with E-state index in [0.29, 0.717) is 12.5 Å². The molecule has 1 N–H and O–H groups in total. The van der Waals surface area contributed by atoms with E-state index in [4.69, 9.17) is 5.11 Å². The molecule has 1 fully saturated rings. The lowest BCUT2D eigenvalue weighted by molar-refractivity contribution is 0.0561. The fourth-order valence-electron chi connectivity index (χ4n) is 1.82. The van der Waals surface area contributed by atoms with Crippen LogP contribution in [0.1, 0.15) is 33.6 Å². The normalized spacial score (nSPS) is 27.5. The van der Waals surface area contributed by atoms with Gasteiger partial charge in [0.15, 0.2) is 0 Å². The molecular weight excluding hydrogens is 150 g/mol. The van der Waals surface area contributed by atoms with Crippen molar-refractivity contribution in [2.45, 2.75) is 39.2 Å². The van der Waals surface area contributed by atoms with Crippen molar-refractivity contribution in [2.24, 2.45) is 5.92 Å². The minimum atomic E-state index is 0.272. The standard InChI is InChI=1S/C10H21NO/c1-10(2,3)11-6-4-5-9(7-11)8-12/h9,12H,4-8H2,1-3H3/t9-/m0/s1. The first kappa shape index (κ1) is 10.0. The summed E-state index contributed by atoms with van der Waals surface area (Å²) < 4.78 is 0. The zero-order valence-corrected chi connectivity index (χ0v) is 8.51. The molecular formula is C10H21NO. The molecule has 0 spiro atoms. The Hall–Kier alpha value is -0.0800. The van der Waals surface area contributed by atoms with E-state index in [1.165, 1.54) is 19.4 Å². The molecule has 2 nitrogen and oxygen atoms in total. The van der Waals surface area contributed by atoms with Crippen LogP contribution in [0.4, 0.5) is 0 Å². The third-order valence-electron chi connectivity index (χ3n) is 2.73. The molecule has 12 heavy (non-hydrogen) atoms. The molecule has 0 aromatic carbocycles. The van der Waals surface area contributed by atoms with Gasteiger partial charge in [0.1, 0.15) is 0 Å². The van der Waals surface area contributed by atoms with Gasteiger partial charge in [0.25, 0.3) is 0 Å². The fourth-order valence-corrected chi connectivity index (χ4v) is 1.82. The molecule has 0 radical (unpaired) electrons. The van der Waals surface area contributed by atoms with Gasteiger partial charge >= 0.3 is 0 Å². The molecule has 0 bridgehead atoms. The van der Waals surface area contributed by atoms with Crippen molar-refractivity contribution in [3.8, 4) is 0 Å². The lowest BCUT2D eigenvalue weighted by Gasteiger charge is -2.41. The van der Waals surface area contributed by atoms with Crippen molar-refractivity contribution in [3.63, 3.8) is 0 Å². The Morgan fingerprint density at radius 2 is 2.08 bits per heavy atom. The molecule has 0 aliphatic carbocycles. The van der Waals surface area contributed by atoms with Crippen LogP contribution in [-0.2, 0) is 0 Å². The Morgan fingerprint density at radius 3 is 2.58 bits per heavy atom. The minimum Gasteiger partial charge on any atom is -0.396 e. The van der Waals surface area contributed by atoms with Crippen LogP contribution < -0.4 is 0 Å². The zero-order chi connectivity index (χ0) is 9.19. The Labute approximate surface area is 75.6 Å². The molecule has 0 unspecified atom stereocenters. The van der Waals surface area contributed by atoms with Crippen LogP contribution in [0, 0.1) is 5.92 Å². The zero-order valence-electron chi connectivity index (χ0n) is 8.51. The first-order valence-corrected chi connectivity index (χ1v) is 4.90. The van der Waals surface area contributed by atoms with Gasteiger partial charge in [-0.1, -0.05) is 0 Å². The smallest absolute Gasteiger partial charge is 0.0471 e. The van der Waals surface area contributed by atoms with Gasteiger partial charge in [0, 0.05) is 18.7 Å². The Kier molecular flexibility index (Phi) is 3.13. The Balaban J connectivity index is 2.46. The highest BCUT2D eigenvalue weighted by atomic mass is 16.3. The monoisotopic (exact) mass is 171 g/mol. The third kappa shape index (κ3) is 2.46. The highest BCUT2D eigenvalue weighted by Gasteiger charge is 2.27. The van der Waals surface area contributed by atoms with Crippen molar-refractivity contribution in [2.75, 3.05) is 19.7 Å². The number of nitrogens with zero attached hydrogens (tertiary/aromatic N) is 1. The average molecular weight is 171 g/mol. The summed E-state index contributed by atoms with van der Waals surface area (Å²) in [5.74, 6) is 0.512. The van der Waals surface area contributed by atoms with Gasteiger partial charge in [-0.2, -0.15) is 0 Å². The van der Waals surface area contributed by atoms with E-state index in [1.54, 1.807) is 0 Å². The summed E-state index contributed by atoms with van der Waals surface area (Å²) in [5, 5.41) is 9.05. The van der Waals surface area contributed by atoms with Crippen molar-refractivity contribution >= 4 is 0 Å². The number of aliphatic hydroxyl groups excluding tert-OH is 1. The van der Waals surface area contributed by atoms with E-state index in [1.807, 2.05) is 0 Å². The van der Waals surface area contributed by atoms with Gasteiger partial charge in [-0.05, 0) is 46.1 Å². The summed E-state index contributed by atoms with van der Waals surface area (Å²) in [6, 6.07) is 0. The van der Waals surface area contributed by atoms with Gasteiger partial charge in [-0.3, -0.25) is 4.90 Å². The molecule has 0 aromatic heterocycles. The van der Waals surface area contributed by atoms with E-state index in [-0.39, 0.29) is 5.54 Å². The summed E-state index contributed by atoms with van der Waals surface area (Å²) in [7, 11) is 0. The van der Waals surface area contributed by atoms with Gasteiger partial charge < -0.3 is 5.11 Å². The summed E-state index contributed by atoms with van der Waals surface area (Å²) in [6.45, 7) is 9.35. The van der Waals surface area contributed by atoms with Crippen molar-refractivity contribution in [3.05, 3.63) is 0 Å². The molecule has 1 rings (SSSR count). The van der Waals surface area contributed by atoms with Crippen LogP contribution in [0.25, 0.3) is 0 Å². The van der Waals surface area contributed by atoms with Gasteiger partial charge in [0.05, 0.1) is 0 Å². The van der Waals surface area contributed by atoms with Crippen LogP contribution in [0.3, 0.4) is 0 Å². The molecule has 0 saturated carbocycles. The van der Waals surface area contributed by atoms with E-state index >= 15 is 0 Å². The number of hydrogen-bond acceptors (Lipinski definition) is 2. The second-order valence-electron chi connectivity index (χ2n) is 4.81. The first-order chi connectivity index (χ1) is 5.54. The highest BCUT2D eigenvalue weighted by molar-refractivity contribution is 4.81. The molecule has 0 aromatic rings. The second kappa shape index (κ2) is 3.75. The van der Waals surface area contributed by atoms with Gasteiger partial charge in [-0.15, -0.1) is 0 Å². The summed E-state index contributed by atoms with van der Waals surface area (Å²) in [4.78, 5) is 2.47. The predicted molar refractivity (Wildman–Crippen MR) is 51.1 cm³/mol. The average Bonchev–Trinajstić information content (AvgIpc) is 2.03. The number of piperidine rings is 1. The number of hydrogen-bond donors (Lipinski definition) is 1. The van der Waals surface area contributed by atoms with E-state index in [9.17, 15) is 0 Å². The maximum Gasteiger partial charge on any atom is 0.0471 e. The van der Waals surface area contributed by atoms with Crippen molar-refractivity contribution in [1.82, 2.24) is 4.90 Å². The van der Waals surface area contributed by atoms with E-state index in [2.05, 4.69) is 25.7 Å². The van der Waals surface area contributed by atoms with E-state index < -0.39 is 0 Å². The molecule has 1 saturated heterocycles. The molecule has 1 aliphatic rings. The van der Waals surface area contributed by atoms with Crippen molar-refractivity contribution in [1.29, 1.82) is 0 Å². The van der Waals surface area contributed by atoms with Gasteiger partial charge in [-0.25, -0.2) is 0 Å². The number of aliphatic hydroxyl groups is 1. The topological polar surface area (TPSA) is 23.5 Å². The molecule has 1 aliphatic heterocycles. The van der Waals surface area contributed by atoms with Gasteiger partial charge in [0.2, 0.25) is 0 Å². The van der Waals surface area contributed by atoms with Crippen LogP contribution in [-0.4, -0.2) is 35.2 Å². The highest BCUT2D eigenvalue weighted by Crippen LogP contribution is 2.22. The maximum absolute atomic E-state index is 9.05. The Bertz CT molecular complexity index is 139. The van der Waals surface area contributed by atoms with E-state index in [0.717, 1.165) is 6.54 Å². The fraction of sp³-hybridized carbons (Fsp3) is 1.00. The molecule has 1 heterocycles. The predicted octanol–water partition coefficient (Wildman–Crippen LogP) is 1.49. The lowest BCUT2D eigenvalue weighted by atomic mass is 9.94. The van der Waals surface area contributed by atoms with Crippen LogP contribution in [0.5, 0.6) is 0 Å². The maximum atomic E-state index is 9.05. The number of likely N-dealkylation sites (tertiary alicyclic amines) is 1. The molecule has 1 atom stereocenters. The molecule has 2 heteroatoms. The second-order valence-corrected chi connectivity index (χ2v) is 4.81. The summed E-state index contributed by atoms with van der Waals surface area (Å²) in [5.41, 5.74) is 0.272. The molecule has 72 valence electrons. The SMILES string of the molecule is CC(C)(C)N1CCC[C@H](CO)C1. The largest absolute Gasteiger partial charge is 0.396 e. The molecule has 0 amide bonds. The van der Waals surface area contributed by atoms with Crippen LogP contribution in [0.2, 0.25) is 0 Å². The van der Waals surface area contributed by atoms with Crippen LogP contribution in [0.15, 0.2) is 0 Å².